The summed E-state index contributed by atoms with van der Waals surface area (Å²) in [4.78, 5) is 25.0. The Bertz CT molecular complexity index is 236. The van der Waals surface area contributed by atoms with E-state index in [2.05, 4.69) is 0 Å². The Hall–Kier alpha value is -0.860. The van der Waals surface area contributed by atoms with Gasteiger partial charge in [0.05, 0.1) is 0 Å². The van der Waals surface area contributed by atoms with Gasteiger partial charge in [-0.3, -0.25) is 14.5 Å². The fraction of sp³-hybridized carbons (Fsp3) is 0.833. The smallest absolute Gasteiger partial charge is 0.231 e. The molecule has 0 radical (unpaired) electrons. The van der Waals surface area contributed by atoms with Gasteiger partial charge in [-0.05, 0) is 12.8 Å². The van der Waals surface area contributed by atoms with Crippen molar-refractivity contribution in [2.75, 3.05) is 6.54 Å². The molecule has 3 heteroatoms. The van der Waals surface area contributed by atoms with E-state index >= 15 is 0 Å². The molecule has 1 heterocycles. The third kappa shape index (κ3) is 3.65. The van der Waals surface area contributed by atoms with Crippen molar-refractivity contribution in [2.45, 2.75) is 52.4 Å². The van der Waals surface area contributed by atoms with Crippen molar-refractivity contribution < 1.29 is 9.59 Å². The molecular formula is C12H21NO2. The normalized spacial score (nSPS) is 19.7. The second kappa shape index (κ2) is 5.89. The van der Waals surface area contributed by atoms with Crippen LogP contribution in [-0.4, -0.2) is 23.3 Å². The van der Waals surface area contributed by atoms with E-state index in [4.69, 9.17) is 0 Å². The Morgan fingerprint density at radius 2 is 1.73 bits per heavy atom. The van der Waals surface area contributed by atoms with Gasteiger partial charge in [-0.15, -0.1) is 0 Å². The van der Waals surface area contributed by atoms with Crippen LogP contribution in [0.2, 0.25) is 0 Å². The lowest BCUT2D eigenvalue weighted by atomic mass is 10.1. The largest absolute Gasteiger partial charge is 0.282 e. The first-order valence-corrected chi connectivity index (χ1v) is 5.97. The highest BCUT2D eigenvalue weighted by Gasteiger charge is 2.23. The number of imide groups is 1. The summed E-state index contributed by atoms with van der Waals surface area (Å²) in [5, 5.41) is 0. The van der Waals surface area contributed by atoms with E-state index in [9.17, 15) is 9.59 Å². The second-order valence-corrected chi connectivity index (χ2v) is 4.56. The Morgan fingerprint density at radius 1 is 1.13 bits per heavy atom. The minimum atomic E-state index is -0.0743. The van der Waals surface area contributed by atoms with Gasteiger partial charge in [0.2, 0.25) is 11.8 Å². The molecule has 0 spiro atoms. The molecule has 0 aromatic heterocycles. The molecule has 1 saturated heterocycles. The summed E-state index contributed by atoms with van der Waals surface area (Å²) >= 11 is 0. The first-order chi connectivity index (χ1) is 7.13. The van der Waals surface area contributed by atoms with Crippen molar-refractivity contribution in [3.8, 4) is 0 Å². The molecule has 0 aromatic carbocycles. The van der Waals surface area contributed by atoms with Crippen LogP contribution in [0.5, 0.6) is 0 Å². The molecule has 2 amide bonds. The van der Waals surface area contributed by atoms with E-state index in [1.807, 2.05) is 13.8 Å². The number of rotatable bonds is 1. The highest BCUT2D eigenvalue weighted by molar-refractivity contribution is 5.96. The molecule has 0 saturated carbocycles. The van der Waals surface area contributed by atoms with Crippen molar-refractivity contribution in [1.82, 2.24) is 4.90 Å². The first-order valence-electron chi connectivity index (χ1n) is 5.97. The maximum absolute atomic E-state index is 11.8. The van der Waals surface area contributed by atoms with Crippen LogP contribution in [0.1, 0.15) is 52.4 Å². The summed E-state index contributed by atoms with van der Waals surface area (Å²) in [5.74, 6) is -0.0628. The quantitative estimate of drug-likeness (QED) is 0.667. The molecule has 1 aliphatic rings. The summed E-state index contributed by atoms with van der Waals surface area (Å²) in [6, 6.07) is 0. The Morgan fingerprint density at radius 3 is 2.40 bits per heavy atom. The fourth-order valence-corrected chi connectivity index (χ4v) is 1.88. The minimum Gasteiger partial charge on any atom is -0.282 e. The van der Waals surface area contributed by atoms with Crippen LogP contribution in [-0.2, 0) is 9.59 Å². The summed E-state index contributed by atoms with van der Waals surface area (Å²) < 4.78 is 0. The lowest BCUT2D eigenvalue weighted by Crippen LogP contribution is -2.39. The van der Waals surface area contributed by atoms with Gasteiger partial charge < -0.3 is 0 Å². The Balaban J connectivity index is 2.63. The molecule has 1 rings (SSSR count). The first kappa shape index (κ1) is 12.2. The van der Waals surface area contributed by atoms with Crippen molar-refractivity contribution in [3.63, 3.8) is 0 Å². The van der Waals surface area contributed by atoms with E-state index in [1.54, 1.807) is 0 Å². The zero-order chi connectivity index (χ0) is 11.3. The molecule has 15 heavy (non-hydrogen) atoms. The molecule has 0 unspecified atom stereocenters. The minimum absolute atomic E-state index is 0.0121. The maximum atomic E-state index is 11.8. The summed E-state index contributed by atoms with van der Waals surface area (Å²) in [6.45, 7) is 4.32. The highest BCUT2D eigenvalue weighted by Crippen LogP contribution is 2.14. The van der Waals surface area contributed by atoms with E-state index < -0.39 is 0 Å². The van der Waals surface area contributed by atoms with Gasteiger partial charge >= 0.3 is 0 Å². The number of carbonyl (C=O) groups excluding carboxylic acids is 2. The van der Waals surface area contributed by atoms with Crippen LogP contribution in [0.3, 0.4) is 0 Å². The zero-order valence-electron chi connectivity index (χ0n) is 9.79. The van der Waals surface area contributed by atoms with Crippen LogP contribution in [0.15, 0.2) is 0 Å². The van der Waals surface area contributed by atoms with E-state index in [1.165, 1.54) is 11.3 Å². The third-order valence-electron chi connectivity index (χ3n) is 2.83. The van der Waals surface area contributed by atoms with Crippen LogP contribution in [0.4, 0.5) is 0 Å². The Labute approximate surface area is 91.8 Å². The molecule has 3 nitrogen and oxygen atoms in total. The maximum Gasteiger partial charge on any atom is 0.231 e. The predicted octanol–water partition coefficient (Wildman–Crippen LogP) is 2.35. The lowest BCUT2D eigenvalue weighted by molar-refractivity contribution is -0.146. The van der Waals surface area contributed by atoms with Gasteiger partial charge in [0.1, 0.15) is 0 Å². The van der Waals surface area contributed by atoms with E-state index in [0.29, 0.717) is 13.0 Å². The van der Waals surface area contributed by atoms with Crippen molar-refractivity contribution >= 4 is 11.8 Å². The van der Waals surface area contributed by atoms with E-state index in [-0.39, 0.29) is 17.7 Å². The molecule has 0 bridgehead atoms. The monoisotopic (exact) mass is 211 g/mol. The number of hydrogen-bond donors (Lipinski definition) is 0. The molecule has 0 aliphatic carbocycles. The van der Waals surface area contributed by atoms with Gasteiger partial charge in [-0.2, -0.15) is 0 Å². The molecule has 0 N–H and O–H groups in total. The highest BCUT2D eigenvalue weighted by atomic mass is 16.2. The number of amides is 2. The Kier molecular flexibility index (Phi) is 4.79. The summed E-state index contributed by atoms with van der Waals surface area (Å²) in [5.41, 5.74) is 0. The number of nitrogens with zero attached hydrogens (tertiary/aromatic N) is 1. The molecule has 0 atom stereocenters. The predicted molar refractivity (Wildman–Crippen MR) is 59.3 cm³/mol. The van der Waals surface area contributed by atoms with Gasteiger partial charge in [-0.1, -0.05) is 33.1 Å². The molecule has 86 valence electrons. The molecule has 1 fully saturated rings. The number of carbonyl (C=O) groups is 2. The second-order valence-electron chi connectivity index (χ2n) is 4.56. The van der Waals surface area contributed by atoms with Crippen molar-refractivity contribution in [2.24, 2.45) is 5.92 Å². The average Bonchev–Trinajstić information content (AvgIpc) is 2.29. The van der Waals surface area contributed by atoms with Gasteiger partial charge in [-0.25, -0.2) is 0 Å². The lowest BCUT2D eigenvalue weighted by Gasteiger charge is -2.21. The average molecular weight is 211 g/mol. The standard InChI is InChI=1S/C12H21NO2/c1-10(2)12(15)13-9-7-5-3-4-6-8-11(13)14/h10H,3-9H2,1-2H3. The molecule has 0 aromatic rings. The third-order valence-corrected chi connectivity index (χ3v) is 2.83. The van der Waals surface area contributed by atoms with Crippen LogP contribution in [0, 0.1) is 5.92 Å². The van der Waals surface area contributed by atoms with Gasteiger partial charge in [0, 0.05) is 18.9 Å². The topological polar surface area (TPSA) is 37.4 Å². The number of hydrogen-bond acceptors (Lipinski definition) is 2. The SMILES string of the molecule is CC(C)C(=O)N1CCCCCCCC1=O. The van der Waals surface area contributed by atoms with Crippen LogP contribution < -0.4 is 0 Å². The van der Waals surface area contributed by atoms with E-state index in [0.717, 1.165) is 25.7 Å². The van der Waals surface area contributed by atoms with Crippen LogP contribution in [0.25, 0.3) is 0 Å². The van der Waals surface area contributed by atoms with Crippen molar-refractivity contribution in [1.29, 1.82) is 0 Å². The van der Waals surface area contributed by atoms with Crippen molar-refractivity contribution in [3.05, 3.63) is 0 Å². The molecule has 1 aliphatic heterocycles. The molecular weight excluding hydrogens is 190 g/mol. The van der Waals surface area contributed by atoms with Gasteiger partial charge in [0.25, 0.3) is 0 Å². The van der Waals surface area contributed by atoms with Crippen LogP contribution >= 0.6 is 0 Å². The zero-order valence-corrected chi connectivity index (χ0v) is 9.79. The summed E-state index contributed by atoms with van der Waals surface area (Å²) in [6.07, 6.45) is 5.88. The fourth-order valence-electron chi connectivity index (χ4n) is 1.88. The summed E-state index contributed by atoms with van der Waals surface area (Å²) in [7, 11) is 0. The van der Waals surface area contributed by atoms with Gasteiger partial charge in [0.15, 0.2) is 0 Å².